The predicted octanol–water partition coefficient (Wildman–Crippen LogP) is -1.57. The first-order valence-corrected chi connectivity index (χ1v) is 19.8. The Balaban J connectivity index is 0.000000980. The number of hydrogen-bond donors (Lipinski definition) is 0. The van der Waals surface area contributed by atoms with Gasteiger partial charge in [-0.1, -0.05) is 0 Å². The third-order valence-electron chi connectivity index (χ3n) is 5.58. The van der Waals surface area contributed by atoms with Gasteiger partial charge in [-0.05, 0) is 0 Å². The molecule has 0 N–H and O–H groups in total. The Morgan fingerprint density at radius 2 is 1.15 bits per heavy atom. The van der Waals surface area contributed by atoms with Crippen molar-refractivity contribution in [1.29, 1.82) is 0 Å². The summed E-state index contributed by atoms with van der Waals surface area (Å²) in [7, 11) is 1.38. The van der Waals surface area contributed by atoms with E-state index < -0.39 is 20.9 Å². The molecule has 1 unspecified atom stereocenters. The van der Waals surface area contributed by atoms with Crippen molar-refractivity contribution in [1.82, 2.24) is 0 Å². The van der Waals surface area contributed by atoms with E-state index >= 15 is 0 Å². The molecule has 0 amide bonds. The molecule has 0 aliphatic heterocycles. The van der Waals surface area contributed by atoms with E-state index in [9.17, 15) is 0 Å². The fourth-order valence-electron chi connectivity index (χ4n) is 4.47. The van der Waals surface area contributed by atoms with E-state index in [1.807, 2.05) is 0 Å². The molecule has 1 atom stereocenters. The molecule has 0 spiro atoms. The van der Waals surface area contributed by atoms with Crippen molar-refractivity contribution in [2.24, 2.45) is 0 Å². The van der Waals surface area contributed by atoms with Gasteiger partial charge in [0.15, 0.2) is 0 Å². The minimum absolute atomic E-state index is 0. The third-order valence-corrected chi connectivity index (χ3v) is 20.1. The van der Waals surface area contributed by atoms with Gasteiger partial charge < -0.3 is 24.8 Å². The molecule has 3 aromatic rings. The second-order valence-electron chi connectivity index (χ2n) is 6.82. The van der Waals surface area contributed by atoms with Crippen LogP contribution in [0.5, 0.6) is 0 Å². The zero-order chi connectivity index (χ0) is 16.1. The summed E-state index contributed by atoms with van der Waals surface area (Å²) in [5.41, 5.74) is 9.26. The van der Waals surface area contributed by atoms with Crippen molar-refractivity contribution in [3.63, 3.8) is 0 Å². The van der Waals surface area contributed by atoms with Gasteiger partial charge in [0.05, 0.1) is 0 Å². The van der Waals surface area contributed by atoms with Crippen LogP contribution in [0.15, 0.2) is 78.9 Å². The van der Waals surface area contributed by atoms with Crippen molar-refractivity contribution >= 4 is 13.4 Å². The Labute approximate surface area is 177 Å². The van der Waals surface area contributed by atoms with Gasteiger partial charge in [-0.25, -0.2) is 0 Å². The first-order chi connectivity index (χ1) is 11.8. The molecule has 0 fully saturated rings. The van der Waals surface area contributed by atoms with Gasteiger partial charge >= 0.3 is 154 Å². The normalized spacial score (nSPS) is 16.2. The van der Waals surface area contributed by atoms with Gasteiger partial charge in [-0.2, -0.15) is 0 Å². The maximum absolute atomic E-state index is 2.52. The summed E-state index contributed by atoms with van der Waals surface area (Å²) in [6.07, 6.45) is 4.89. The molecule has 4 heteroatoms. The van der Waals surface area contributed by atoms with Gasteiger partial charge in [0.25, 0.3) is 0 Å². The molecule has 0 heterocycles. The van der Waals surface area contributed by atoms with E-state index in [1.165, 1.54) is 24.1 Å². The van der Waals surface area contributed by atoms with Gasteiger partial charge in [0.1, 0.15) is 0 Å². The Hall–Kier alpha value is -0.920. The standard InChI is InChI=1S/C13H9.C9H7.2ClH.H3Si.Zr/c1-3-7-12-10(5-1)9-11-6-2-4-8-13(11)12;1-2-5-9-7-3-6-8(9)4-1;;;;/h1-9H;1-7H;2*1H;1H3;/q;;;;;+2/p-2. The third kappa shape index (κ3) is 3.02. The molecule has 0 radical (unpaired) electrons. The number of benzene rings is 3. The SMILES string of the molecule is [Cl-].[Cl-].[SiH3][Zr+2]([CH]1C=Cc2ccccc21)[CH]1c2ccccc2-c2ccccc21. The average Bonchev–Trinajstić information content (AvgIpc) is 3.21. The second kappa shape index (κ2) is 7.98. The number of halogens is 2. The molecular formula is C22H19Cl2SiZr. The van der Waals surface area contributed by atoms with E-state index in [2.05, 4.69) is 84.9 Å². The van der Waals surface area contributed by atoms with E-state index in [-0.39, 0.29) is 24.8 Å². The molecule has 0 bridgehead atoms. The molecule has 0 nitrogen and oxygen atoms in total. The number of hydrogen-bond acceptors (Lipinski definition) is 0. The van der Waals surface area contributed by atoms with E-state index in [1.54, 1.807) is 16.7 Å². The summed E-state index contributed by atoms with van der Waals surface area (Å²) in [5, 5.41) is 0. The average molecular weight is 474 g/mol. The molecule has 0 saturated heterocycles. The van der Waals surface area contributed by atoms with Crippen LogP contribution in [0, 0.1) is 0 Å². The molecule has 129 valence electrons. The van der Waals surface area contributed by atoms with Crippen LogP contribution < -0.4 is 24.8 Å². The Kier molecular flexibility index (Phi) is 6.09. The van der Waals surface area contributed by atoms with Gasteiger partial charge in [-0.3, -0.25) is 0 Å². The molecule has 0 aromatic heterocycles. The summed E-state index contributed by atoms with van der Waals surface area (Å²) in [5.74, 6) is 0. The molecule has 3 aromatic carbocycles. The number of allylic oxidation sites excluding steroid dienone is 1. The zero-order valence-corrected chi connectivity index (χ0v) is 20.5. The number of fused-ring (bicyclic) bond motifs is 4. The zero-order valence-electron chi connectivity index (χ0n) is 14.5. The number of rotatable bonds is 2. The van der Waals surface area contributed by atoms with Crippen molar-refractivity contribution in [3.05, 3.63) is 101 Å². The Morgan fingerprint density at radius 3 is 1.77 bits per heavy atom. The summed E-state index contributed by atoms with van der Waals surface area (Å²) in [6.45, 7) is 0. The van der Waals surface area contributed by atoms with Gasteiger partial charge in [0.2, 0.25) is 0 Å². The molecule has 2 aliphatic rings. The quantitative estimate of drug-likeness (QED) is 0.395. The Bertz CT molecular complexity index is 924. The molecular weight excluding hydrogens is 454 g/mol. The van der Waals surface area contributed by atoms with Crippen LogP contribution >= 0.6 is 0 Å². The molecule has 2 aliphatic carbocycles. The van der Waals surface area contributed by atoms with Gasteiger partial charge in [0, 0.05) is 0 Å². The molecule has 0 saturated carbocycles. The predicted molar refractivity (Wildman–Crippen MR) is 102 cm³/mol. The van der Waals surface area contributed by atoms with Gasteiger partial charge in [-0.15, -0.1) is 0 Å². The van der Waals surface area contributed by atoms with Crippen LogP contribution in [0.3, 0.4) is 0 Å². The van der Waals surface area contributed by atoms with Crippen molar-refractivity contribution in [3.8, 4) is 11.1 Å². The van der Waals surface area contributed by atoms with Crippen molar-refractivity contribution < 1.29 is 45.7 Å². The van der Waals surface area contributed by atoms with Crippen LogP contribution in [0.1, 0.15) is 29.5 Å². The summed E-state index contributed by atoms with van der Waals surface area (Å²) in [4.78, 5) is 0. The minimum atomic E-state index is -1.65. The fourth-order valence-corrected chi connectivity index (χ4v) is 18.5. The van der Waals surface area contributed by atoms with E-state index in [4.69, 9.17) is 0 Å². The first kappa shape index (κ1) is 19.8. The summed E-state index contributed by atoms with van der Waals surface area (Å²) < 4.78 is 1.48. The van der Waals surface area contributed by atoms with Crippen LogP contribution in [0.25, 0.3) is 17.2 Å². The fraction of sp³-hybridized carbons (Fsp3) is 0.0909. The summed E-state index contributed by atoms with van der Waals surface area (Å²) in [6, 6.07) is 27.3. The van der Waals surface area contributed by atoms with Crippen LogP contribution in [0.2, 0.25) is 0 Å². The van der Waals surface area contributed by atoms with Crippen molar-refractivity contribution in [2.75, 3.05) is 0 Å². The van der Waals surface area contributed by atoms with Crippen LogP contribution in [0.4, 0.5) is 0 Å². The monoisotopic (exact) mass is 471 g/mol. The van der Waals surface area contributed by atoms with Crippen molar-refractivity contribution in [2.45, 2.75) is 7.25 Å². The second-order valence-corrected chi connectivity index (χ2v) is 20.3. The molecule has 5 rings (SSSR count). The van der Waals surface area contributed by atoms with Crippen LogP contribution in [-0.2, 0) is 20.9 Å². The summed E-state index contributed by atoms with van der Waals surface area (Å²) >= 11 is -1.65. The topological polar surface area (TPSA) is 0 Å². The van der Waals surface area contributed by atoms with Crippen LogP contribution in [-0.4, -0.2) is 7.37 Å². The Morgan fingerprint density at radius 1 is 0.654 bits per heavy atom. The first-order valence-electron chi connectivity index (χ1n) is 8.63. The molecule has 26 heavy (non-hydrogen) atoms. The van der Waals surface area contributed by atoms with E-state index in [0.717, 1.165) is 7.25 Å². The maximum atomic E-state index is 2.52. The van der Waals surface area contributed by atoms with E-state index in [0.29, 0.717) is 0 Å².